The number of hydrogen-bond acceptors (Lipinski definition) is 4. The average molecular weight is 232 g/mol. The molecule has 0 atom stereocenters. The van der Waals surface area contributed by atoms with Crippen molar-refractivity contribution in [3.8, 4) is 0 Å². The fraction of sp³-hybridized carbons (Fsp3) is 0.800. The third kappa shape index (κ3) is 4.97. The molecule has 0 saturated carbocycles. The molecule has 0 fully saturated rings. The number of aliphatic hydroxyl groups excluding tert-OH is 1. The highest BCUT2D eigenvalue weighted by Crippen LogP contribution is 1.95. The van der Waals surface area contributed by atoms with Gasteiger partial charge in [0.15, 0.2) is 0 Å². The molecule has 0 aliphatic carbocycles. The molecule has 0 radical (unpaired) electrons. The molecule has 0 unspecified atom stereocenters. The molecule has 0 bridgehead atoms. The number of aliphatic hydroxyl groups is 1. The Kier molecular flexibility index (Phi) is 7.28. The third-order valence-electron chi connectivity index (χ3n) is 2.12. The number of hydrogen-bond donors (Lipinski definition) is 1. The van der Waals surface area contributed by atoms with E-state index < -0.39 is 6.09 Å². The van der Waals surface area contributed by atoms with Gasteiger partial charge in [-0.1, -0.05) is 0 Å². The van der Waals surface area contributed by atoms with Crippen molar-refractivity contribution < 1.29 is 19.4 Å². The van der Waals surface area contributed by atoms with Gasteiger partial charge in [-0.2, -0.15) is 0 Å². The van der Waals surface area contributed by atoms with Gasteiger partial charge in [-0.05, 0) is 13.8 Å². The lowest BCUT2D eigenvalue weighted by Gasteiger charge is -2.22. The first kappa shape index (κ1) is 14.7. The van der Waals surface area contributed by atoms with E-state index in [0.717, 1.165) is 0 Å². The van der Waals surface area contributed by atoms with Crippen LogP contribution in [-0.4, -0.2) is 66.8 Å². The van der Waals surface area contributed by atoms with Crippen LogP contribution in [0.1, 0.15) is 13.8 Å². The average Bonchev–Trinajstić information content (AvgIpc) is 2.27. The minimum absolute atomic E-state index is 0.00799. The van der Waals surface area contributed by atoms with E-state index in [9.17, 15) is 9.59 Å². The zero-order valence-electron chi connectivity index (χ0n) is 10.1. The summed E-state index contributed by atoms with van der Waals surface area (Å²) in [4.78, 5) is 25.7. The summed E-state index contributed by atoms with van der Waals surface area (Å²) in [6.45, 7) is 4.72. The first-order chi connectivity index (χ1) is 7.56. The molecule has 94 valence electrons. The van der Waals surface area contributed by atoms with E-state index in [1.165, 1.54) is 11.9 Å². The van der Waals surface area contributed by atoms with Crippen molar-refractivity contribution in [1.29, 1.82) is 0 Å². The van der Waals surface area contributed by atoms with Gasteiger partial charge in [-0.25, -0.2) is 4.79 Å². The van der Waals surface area contributed by atoms with Crippen LogP contribution in [0.15, 0.2) is 0 Å². The van der Waals surface area contributed by atoms with Crippen LogP contribution in [0, 0.1) is 0 Å². The Morgan fingerprint density at radius 3 is 2.25 bits per heavy atom. The van der Waals surface area contributed by atoms with Crippen LogP contribution < -0.4 is 0 Å². The lowest BCUT2D eigenvalue weighted by Crippen LogP contribution is -2.41. The molecule has 6 heteroatoms. The Morgan fingerprint density at radius 1 is 1.25 bits per heavy atom. The summed E-state index contributed by atoms with van der Waals surface area (Å²) >= 11 is 0. The van der Waals surface area contributed by atoms with Crippen LogP contribution >= 0.6 is 0 Å². The number of carbonyl (C=O) groups excluding carboxylic acids is 2. The SMILES string of the molecule is CCN(CC)C(=O)CN(C)C(=O)OCCO. The van der Waals surface area contributed by atoms with Crippen molar-refractivity contribution in [2.24, 2.45) is 0 Å². The van der Waals surface area contributed by atoms with E-state index in [1.54, 1.807) is 4.90 Å². The standard InChI is InChI=1S/C10H20N2O4/c1-4-12(5-2)9(14)8-11(3)10(15)16-7-6-13/h13H,4-8H2,1-3H3. The fourth-order valence-corrected chi connectivity index (χ4v) is 1.19. The minimum Gasteiger partial charge on any atom is -0.447 e. The van der Waals surface area contributed by atoms with Crippen molar-refractivity contribution >= 4 is 12.0 Å². The Labute approximate surface area is 95.8 Å². The van der Waals surface area contributed by atoms with E-state index in [2.05, 4.69) is 4.74 Å². The van der Waals surface area contributed by atoms with E-state index >= 15 is 0 Å². The number of likely N-dealkylation sites (N-methyl/N-ethyl adjacent to an activating group) is 2. The second-order valence-corrected chi connectivity index (χ2v) is 3.26. The highest BCUT2D eigenvalue weighted by atomic mass is 16.6. The summed E-state index contributed by atoms with van der Waals surface area (Å²) in [5.41, 5.74) is 0. The Hall–Kier alpha value is -1.30. The number of amides is 2. The summed E-state index contributed by atoms with van der Waals surface area (Å²) in [5.74, 6) is -0.117. The Morgan fingerprint density at radius 2 is 1.81 bits per heavy atom. The highest BCUT2D eigenvalue weighted by molar-refractivity contribution is 5.82. The summed E-state index contributed by atoms with van der Waals surface area (Å²) in [6, 6.07) is 0. The van der Waals surface area contributed by atoms with Gasteiger partial charge < -0.3 is 19.6 Å². The van der Waals surface area contributed by atoms with Gasteiger partial charge in [0.05, 0.1) is 6.61 Å². The molecule has 0 rings (SSSR count). The number of ether oxygens (including phenoxy) is 1. The van der Waals surface area contributed by atoms with Gasteiger partial charge in [0.2, 0.25) is 5.91 Å². The fourth-order valence-electron chi connectivity index (χ4n) is 1.19. The van der Waals surface area contributed by atoms with Gasteiger partial charge in [0.25, 0.3) is 0 Å². The summed E-state index contributed by atoms with van der Waals surface area (Å²) in [5, 5.41) is 8.47. The molecular weight excluding hydrogens is 212 g/mol. The van der Waals surface area contributed by atoms with Gasteiger partial charge in [-0.3, -0.25) is 4.79 Å². The van der Waals surface area contributed by atoms with Crippen LogP contribution in [0.25, 0.3) is 0 Å². The van der Waals surface area contributed by atoms with Crippen LogP contribution in [-0.2, 0) is 9.53 Å². The summed E-state index contributed by atoms with van der Waals surface area (Å²) in [6.07, 6.45) is -0.602. The van der Waals surface area contributed by atoms with Gasteiger partial charge in [0, 0.05) is 20.1 Å². The molecular formula is C10H20N2O4. The van der Waals surface area contributed by atoms with E-state index in [1.807, 2.05) is 13.8 Å². The zero-order valence-corrected chi connectivity index (χ0v) is 10.1. The molecule has 0 aliphatic heterocycles. The molecule has 2 amide bonds. The maximum absolute atomic E-state index is 11.6. The van der Waals surface area contributed by atoms with Crippen molar-refractivity contribution in [3.05, 3.63) is 0 Å². The Bertz CT molecular complexity index is 229. The van der Waals surface area contributed by atoms with E-state index in [4.69, 9.17) is 5.11 Å². The lowest BCUT2D eigenvalue weighted by atomic mass is 10.4. The molecule has 0 aromatic heterocycles. The van der Waals surface area contributed by atoms with Gasteiger partial charge in [0.1, 0.15) is 13.2 Å². The van der Waals surface area contributed by atoms with Crippen molar-refractivity contribution in [2.75, 3.05) is 39.9 Å². The molecule has 0 heterocycles. The predicted molar refractivity (Wildman–Crippen MR) is 59.0 cm³/mol. The predicted octanol–water partition coefficient (Wildman–Crippen LogP) is -0.0845. The largest absolute Gasteiger partial charge is 0.447 e. The highest BCUT2D eigenvalue weighted by Gasteiger charge is 2.16. The quantitative estimate of drug-likeness (QED) is 0.695. The first-order valence-electron chi connectivity index (χ1n) is 5.33. The summed E-state index contributed by atoms with van der Waals surface area (Å²) < 4.78 is 4.67. The van der Waals surface area contributed by atoms with Crippen molar-refractivity contribution in [2.45, 2.75) is 13.8 Å². The third-order valence-corrected chi connectivity index (χ3v) is 2.12. The molecule has 1 N–H and O–H groups in total. The molecule has 0 saturated heterocycles. The van der Waals surface area contributed by atoms with Crippen LogP contribution in [0.3, 0.4) is 0 Å². The van der Waals surface area contributed by atoms with E-state index in [-0.39, 0.29) is 25.7 Å². The normalized spacial score (nSPS) is 9.75. The van der Waals surface area contributed by atoms with Crippen LogP contribution in [0.4, 0.5) is 4.79 Å². The van der Waals surface area contributed by atoms with E-state index in [0.29, 0.717) is 13.1 Å². The van der Waals surface area contributed by atoms with Crippen molar-refractivity contribution in [1.82, 2.24) is 9.80 Å². The zero-order chi connectivity index (χ0) is 12.6. The maximum atomic E-state index is 11.6. The Balaban J connectivity index is 4.07. The number of carbonyl (C=O) groups is 2. The number of nitrogens with zero attached hydrogens (tertiary/aromatic N) is 2. The van der Waals surface area contributed by atoms with Crippen molar-refractivity contribution in [3.63, 3.8) is 0 Å². The summed E-state index contributed by atoms with van der Waals surface area (Å²) in [7, 11) is 1.49. The lowest BCUT2D eigenvalue weighted by molar-refractivity contribution is -0.131. The second kappa shape index (κ2) is 7.92. The molecule has 0 aromatic carbocycles. The second-order valence-electron chi connectivity index (χ2n) is 3.26. The van der Waals surface area contributed by atoms with Crippen LogP contribution in [0.5, 0.6) is 0 Å². The smallest absolute Gasteiger partial charge is 0.410 e. The molecule has 0 spiro atoms. The number of rotatable bonds is 6. The molecule has 16 heavy (non-hydrogen) atoms. The molecule has 6 nitrogen and oxygen atoms in total. The van der Waals surface area contributed by atoms with Gasteiger partial charge in [-0.15, -0.1) is 0 Å². The monoisotopic (exact) mass is 232 g/mol. The topological polar surface area (TPSA) is 70.1 Å². The van der Waals surface area contributed by atoms with Crippen LogP contribution in [0.2, 0.25) is 0 Å². The minimum atomic E-state index is -0.602. The first-order valence-corrected chi connectivity index (χ1v) is 5.33. The molecule has 0 aromatic rings. The van der Waals surface area contributed by atoms with Gasteiger partial charge >= 0.3 is 6.09 Å². The maximum Gasteiger partial charge on any atom is 0.410 e. The molecule has 0 aliphatic rings.